The maximum absolute atomic E-state index is 13.4. The largest absolute Gasteiger partial charge is 0.496 e. The van der Waals surface area contributed by atoms with Gasteiger partial charge < -0.3 is 25.2 Å². The number of likely N-dealkylation sites (N-methyl/N-ethyl adjacent to an activating group) is 1. The number of nitrogens with zero attached hydrogens (tertiary/aromatic N) is 3. The lowest BCUT2D eigenvalue weighted by Gasteiger charge is -2.35. The van der Waals surface area contributed by atoms with Crippen LogP contribution in [0.15, 0.2) is 27.4 Å². The van der Waals surface area contributed by atoms with Crippen molar-refractivity contribution in [3.05, 3.63) is 29.5 Å². The van der Waals surface area contributed by atoms with Gasteiger partial charge in [-0.1, -0.05) is 30.0 Å². The summed E-state index contributed by atoms with van der Waals surface area (Å²) in [4.78, 5) is 46.5. The fourth-order valence-electron chi connectivity index (χ4n) is 3.93. The molecule has 1 aliphatic carbocycles. The molecular formula is C24H31N5O4S2. The SMILES string of the molecule is CCc1cc(OC)c(C(=O)N2CCN(C(=O)CNC)CC2)cc1Sc1cnc(NC(=O)C2CC2)s1. The number of carbonyl (C=O) groups is 3. The third kappa shape index (κ3) is 6.14. The molecule has 1 aliphatic heterocycles. The van der Waals surface area contributed by atoms with E-state index in [4.69, 9.17) is 4.74 Å². The van der Waals surface area contributed by atoms with Gasteiger partial charge in [-0.05, 0) is 44.0 Å². The maximum atomic E-state index is 13.4. The highest BCUT2D eigenvalue weighted by Crippen LogP contribution is 2.39. The number of nitrogens with one attached hydrogen (secondary N) is 2. The van der Waals surface area contributed by atoms with Crippen LogP contribution in [0.4, 0.5) is 5.13 Å². The van der Waals surface area contributed by atoms with Crippen molar-refractivity contribution >= 4 is 46.0 Å². The van der Waals surface area contributed by atoms with Crippen LogP contribution in [0.3, 0.4) is 0 Å². The van der Waals surface area contributed by atoms with Crippen molar-refractivity contribution in [3.8, 4) is 5.75 Å². The molecule has 1 aromatic carbocycles. The lowest BCUT2D eigenvalue weighted by molar-refractivity contribution is -0.131. The Bertz CT molecular complexity index is 1090. The van der Waals surface area contributed by atoms with Crippen molar-refractivity contribution in [3.63, 3.8) is 0 Å². The van der Waals surface area contributed by atoms with Gasteiger partial charge in [-0.15, -0.1) is 0 Å². The molecule has 4 rings (SSSR count). The Morgan fingerprint density at radius 1 is 1.17 bits per heavy atom. The van der Waals surface area contributed by atoms with E-state index in [1.165, 1.54) is 23.1 Å². The number of carbonyl (C=O) groups excluding carboxylic acids is 3. The van der Waals surface area contributed by atoms with Gasteiger partial charge in [0.05, 0.1) is 29.6 Å². The Balaban J connectivity index is 1.49. The van der Waals surface area contributed by atoms with Crippen LogP contribution in [0.1, 0.15) is 35.7 Å². The Labute approximate surface area is 213 Å². The minimum absolute atomic E-state index is 0.0373. The Morgan fingerprint density at radius 3 is 2.51 bits per heavy atom. The van der Waals surface area contributed by atoms with Crippen LogP contribution >= 0.6 is 23.1 Å². The highest BCUT2D eigenvalue weighted by molar-refractivity contribution is 8.01. The van der Waals surface area contributed by atoms with Crippen molar-refractivity contribution in [1.82, 2.24) is 20.1 Å². The van der Waals surface area contributed by atoms with Gasteiger partial charge in [-0.3, -0.25) is 14.4 Å². The number of thiazole rings is 1. The predicted octanol–water partition coefficient (Wildman–Crippen LogP) is 2.72. The normalized spacial score (nSPS) is 15.7. The first-order chi connectivity index (χ1) is 16.9. The van der Waals surface area contributed by atoms with E-state index in [0.717, 1.165) is 33.9 Å². The molecule has 0 bridgehead atoms. The predicted molar refractivity (Wildman–Crippen MR) is 136 cm³/mol. The van der Waals surface area contributed by atoms with Crippen molar-refractivity contribution in [2.24, 2.45) is 5.92 Å². The summed E-state index contributed by atoms with van der Waals surface area (Å²) in [5.74, 6) is 0.649. The van der Waals surface area contributed by atoms with Crippen LogP contribution < -0.4 is 15.4 Å². The number of rotatable bonds is 9. The fraction of sp³-hybridized carbons (Fsp3) is 0.500. The number of benzene rings is 1. The quantitative estimate of drug-likeness (QED) is 0.527. The molecule has 3 amide bonds. The molecule has 0 atom stereocenters. The molecule has 1 saturated heterocycles. The molecule has 0 radical (unpaired) electrons. The van der Waals surface area contributed by atoms with E-state index in [2.05, 4.69) is 22.5 Å². The standard InChI is InChI=1S/C24H31N5O4S2/c1-4-15-11-18(33-3)17(23(32)29-9-7-28(8-10-29)20(30)13-25-2)12-19(15)34-21-14-26-24(35-21)27-22(31)16-5-6-16/h11-12,14,16,25H,4-10,13H2,1-3H3,(H,26,27,31). The van der Waals surface area contributed by atoms with Crippen LogP contribution in [-0.4, -0.2) is 79.4 Å². The van der Waals surface area contributed by atoms with Crippen molar-refractivity contribution in [1.29, 1.82) is 0 Å². The Hall–Kier alpha value is -2.63. The van der Waals surface area contributed by atoms with E-state index in [0.29, 0.717) is 49.2 Å². The van der Waals surface area contributed by atoms with Crippen molar-refractivity contribution in [2.45, 2.75) is 35.3 Å². The molecule has 188 valence electrons. The molecule has 2 N–H and O–H groups in total. The maximum Gasteiger partial charge on any atom is 0.257 e. The Kier molecular flexibility index (Phi) is 8.30. The first kappa shape index (κ1) is 25.5. The van der Waals surface area contributed by atoms with E-state index >= 15 is 0 Å². The van der Waals surface area contributed by atoms with Crippen LogP contribution in [0.2, 0.25) is 0 Å². The first-order valence-corrected chi connectivity index (χ1v) is 13.4. The summed E-state index contributed by atoms with van der Waals surface area (Å²) in [5.41, 5.74) is 1.58. The first-order valence-electron chi connectivity index (χ1n) is 11.8. The van der Waals surface area contributed by atoms with Gasteiger partial charge in [-0.25, -0.2) is 4.98 Å². The Morgan fingerprint density at radius 2 is 1.89 bits per heavy atom. The molecule has 1 aromatic heterocycles. The van der Waals surface area contributed by atoms with Gasteiger partial charge in [0.15, 0.2) is 5.13 Å². The minimum atomic E-state index is -0.103. The van der Waals surface area contributed by atoms with Crippen LogP contribution in [0, 0.1) is 5.92 Å². The molecule has 0 unspecified atom stereocenters. The second kappa shape index (κ2) is 11.4. The lowest BCUT2D eigenvalue weighted by Crippen LogP contribution is -2.52. The number of hydrogen-bond donors (Lipinski definition) is 2. The zero-order chi connectivity index (χ0) is 24.9. The van der Waals surface area contributed by atoms with Gasteiger partial charge in [0.1, 0.15) is 5.75 Å². The molecule has 35 heavy (non-hydrogen) atoms. The monoisotopic (exact) mass is 517 g/mol. The van der Waals surface area contributed by atoms with Gasteiger partial charge in [0.25, 0.3) is 5.91 Å². The second-order valence-electron chi connectivity index (χ2n) is 8.57. The summed E-state index contributed by atoms with van der Waals surface area (Å²) in [5, 5.41) is 6.37. The number of amides is 3. The van der Waals surface area contributed by atoms with Gasteiger partial charge in [0, 0.05) is 37.0 Å². The van der Waals surface area contributed by atoms with E-state index in [1.54, 1.807) is 30.2 Å². The molecule has 2 aromatic rings. The summed E-state index contributed by atoms with van der Waals surface area (Å²) in [7, 11) is 3.32. The number of aryl methyl sites for hydroxylation is 1. The third-order valence-electron chi connectivity index (χ3n) is 6.11. The molecular weight excluding hydrogens is 486 g/mol. The number of aromatic nitrogens is 1. The second-order valence-corrected chi connectivity index (χ2v) is 10.9. The van der Waals surface area contributed by atoms with Gasteiger partial charge in [0.2, 0.25) is 11.8 Å². The number of anilines is 1. The topological polar surface area (TPSA) is 104 Å². The smallest absolute Gasteiger partial charge is 0.257 e. The summed E-state index contributed by atoms with van der Waals surface area (Å²) < 4.78 is 6.52. The zero-order valence-corrected chi connectivity index (χ0v) is 21.9. The van der Waals surface area contributed by atoms with E-state index < -0.39 is 0 Å². The van der Waals surface area contributed by atoms with E-state index in [1.807, 2.05) is 12.1 Å². The van der Waals surface area contributed by atoms with E-state index in [-0.39, 0.29) is 23.6 Å². The highest BCUT2D eigenvalue weighted by Gasteiger charge is 2.30. The van der Waals surface area contributed by atoms with Gasteiger partial charge in [-0.2, -0.15) is 0 Å². The van der Waals surface area contributed by atoms with Gasteiger partial charge >= 0.3 is 0 Å². The highest BCUT2D eigenvalue weighted by atomic mass is 32.2. The summed E-state index contributed by atoms with van der Waals surface area (Å²) in [6.45, 7) is 4.35. The number of ether oxygens (including phenoxy) is 1. The van der Waals surface area contributed by atoms with Crippen molar-refractivity contribution in [2.75, 3.05) is 52.2 Å². The number of piperazine rings is 1. The summed E-state index contributed by atoms with van der Waals surface area (Å²) in [6, 6.07) is 3.82. The molecule has 0 spiro atoms. The summed E-state index contributed by atoms with van der Waals surface area (Å²) in [6.07, 6.45) is 4.43. The zero-order valence-electron chi connectivity index (χ0n) is 20.3. The minimum Gasteiger partial charge on any atom is -0.496 e. The third-order valence-corrected chi connectivity index (χ3v) is 8.23. The lowest BCUT2D eigenvalue weighted by atomic mass is 10.1. The average Bonchev–Trinajstić information content (AvgIpc) is 3.64. The van der Waals surface area contributed by atoms with Crippen LogP contribution in [0.5, 0.6) is 5.75 Å². The average molecular weight is 518 g/mol. The van der Waals surface area contributed by atoms with E-state index in [9.17, 15) is 14.4 Å². The molecule has 11 heteroatoms. The fourth-order valence-corrected chi connectivity index (χ4v) is 5.99. The molecule has 9 nitrogen and oxygen atoms in total. The summed E-state index contributed by atoms with van der Waals surface area (Å²) >= 11 is 2.97. The van der Waals surface area contributed by atoms with Crippen LogP contribution in [0.25, 0.3) is 0 Å². The number of hydrogen-bond acceptors (Lipinski definition) is 8. The van der Waals surface area contributed by atoms with Crippen molar-refractivity contribution < 1.29 is 19.1 Å². The molecule has 2 heterocycles. The van der Waals surface area contributed by atoms with Crippen LogP contribution in [-0.2, 0) is 16.0 Å². The molecule has 1 saturated carbocycles. The molecule has 2 fully saturated rings. The number of methoxy groups -OCH3 is 1. The molecule has 2 aliphatic rings.